The first-order valence-corrected chi connectivity index (χ1v) is 5.48. The molecule has 0 atom stereocenters. The Hall–Kier alpha value is -1.69. The fourth-order valence-corrected chi connectivity index (χ4v) is 1.37. The van der Waals surface area contributed by atoms with E-state index in [1.54, 1.807) is 0 Å². The molecule has 90 valence electrons. The van der Waals surface area contributed by atoms with Crippen molar-refractivity contribution in [3.8, 4) is 0 Å². The Morgan fingerprint density at radius 1 is 1.53 bits per heavy atom. The highest BCUT2D eigenvalue weighted by Crippen LogP contribution is 2.09. The lowest BCUT2D eigenvalue weighted by Crippen LogP contribution is -2.20. The molecule has 0 aromatic carbocycles. The third kappa shape index (κ3) is 2.71. The molecular weight excluding hydrogens is 244 g/mol. The highest BCUT2D eigenvalue weighted by molar-refractivity contribution is 6.29. The number of halogens is 1. The second-order valence-electron chi connectivity index (χ2n) is 3.88. The quantitative estimate of drug-likeness (QED) is 0.775. The van der Waals surface area contributed by atoms with Crippen molar-refractivity contribution in [2.75, 3.05) is 0 Å². The van der Waals surface area contributed by atoms with Crippen molar-refractivity contribution in [3.05, 3.63) is 39.6 Å². The lowest BCUT2D eigenvalue weighted by atomic mass is 10.2. The molecule has 6 nitrogen and oxygen atoms in total. The second-order valence-corrected chi connectivity index (χ2v) is 4.27. The van der Waals surface area contributed by atoms with Crippen LogP contribution in [0.4, 0.5) is 0 Å². The van der Waals surface area contributed by atoms with E-state index in [1.807, 2.05) is 13.8 Å². The van der Waals surface area contributed by atoms with Crippen molar-refractivity contribution in [1.82, 2.24) is 19.7 Å². The maximum atomic E-state index is 11.5. The van der Waals surface area contributed by atoms with E-state index in [0.29, 0.717) is 11.7 Å². The Bertz CT molecular complexity index is 576. The van der Waals surface area contributed by atoms with Gasteiger partial charge in [0.05, 0.1) is 6.33 Å². The molecule has 0 saturated heterocycles. The summed E-state index contributed by atoms with van der Waals surface area (Å²) in [6.07, 6.45) is 1.35. The van der Waals surface area contributed by atoms with E-state index < -0.39 is 0 Å². The molecule has 0 bridgehead atoms. The van der Waals surface area contributed by atoms with E-state index in [2.05, 4.69) is 15.1 Å². The van der Waals surface area contributed by atoms with Crippen LogP contribution < -0.4 is 5.56 Å². The SMILES string of the molecule is CC(C)c1noc(Cn2cnc(Cl)cc2=O)n1. The molecule has 17 heavy (non-hydrogen) atoms. The summed E-state index contributed by atoms with van der Waals surface area (Å²) < 4.78 is 6.38. The molecular formula is C10H11ClN4O2. The van der Waals surface area contributed by atoms with Crippen molar-refractivity contribution in [2.45, 2.75) is 26.3 Å². The van der Waals surface area contributed by atoms with Gasteiger partial charge >= 0.3 is 0 Å². The minimum absolute atomic E-state index is 0.166. The van der Waals surface area contributed by atoms with Crippen LogP contribution in [0.25, 0.3) is 0 Å². The summed E-state index contributed by atoms with van der Waals surface area (Å²) in [5.41, 5.74) is -0.255. The fraction of sp³-hybridized carbons (Fsp3) is 0.400. The first-order chi connectivity index (χ1) is 8.06. The monoisotopic (exact) mass is 254 g/mol. The summed E-state index contributed by atoms with van der Waals surface area (Å²) in [5.74, 6) is 1.18. The van der Waals surface area contributed by atoms with Crippen LogP contribution >= 0.6 is 11.6 Å². The average molecular weight is 255 g/mol. The Morgan fingerprint density at radius 3 is 2.88 bits per heavy atom. The summed E-state index contributed by atoms with van der Waals surface area (Å²) in [6.45, 7) is 4.12. The molecule has 0 aliphatic carbocycles. The number of hydrogen-bond acceptors (Lipinski definition) is 5. The van der Waals surface area contributed by atoms with Crippen LogP contribution in [0.15, 0.2) is 21.7 Å². The van der Waals surface area contributed by atoms with Crippen molar-refractivity contribution in [1.29, 1.82) is 0 Å². The van der Waals surface area contributed by atoms with Crippen LogP contribution in [-0.2, 0) is 6.54 Å². The summed E-state index contributed by atoms with van der Waals surface area (Å²) in [4.78, 5) is 19.5. The largest absolute Gasteiger partial charge is 0.337 e. The molecule has 0 spiro atoms. The van der Waals surface area contributed by atoms with Gasteiger partial charge in [0.25, 0.3) is 5.56 Å². The number of rotatable bonds is 3. The van der Waals surface area contributed by atoms with Crippen LogP contribution in [0.5, 0.6) is 0 Å². The third-order valence-corrected chi connectivity index (χ3v) is 2.36. The van der Waals surface area contributed by atoms with Gasteiger partial charge in [-0.2, -0.15) is 4.98 Å². The molecule has 0 amide bonds. The van der Waals surface area contributed by atoms with Crippen molar-refractivity contribution < 1.29 is 4.52 Å². The van der Waals surface area contributed by atoms with Gasteiger partial charge in [-0.05, 0) is 0 Å². The van der Waals surface area contributed by atoms with E-state index in [9.17, 15) is 4.79 Å². The zero-order valence-electron chi connectivity index (χ0n) is 9.42. The van der Waals surface area contributed by atoms with Gasteiger partial charge in [0.15, 0.2) is 5.82 Å². The van der Waals surface area contributed by atoms with E-state index in [1.165, 1.54) is 17.0 Å². The van der Waals surface area contributed by atoms with Gasteiger partial charge in [0.1, 0.15) is 11.7 Å². The maximum absolute atomic E-state index is 11.5. The van der Waals surface area contributed by atoms with Crippen molar-refractivity contribution in [2.24, 2.45) is 0 Å². The van der Waals surface area contributed by atoms with Gasteiger partial charge in [-0.1, -0.05) is 30.6 Å². The molecule has 2 aromatic rings. The normalized spacial score (nSPS) is 11.1. The van der Waals surface area contributed by atoms with Gasteiger partial charge in [-0.15, -0.1) is 0 Å². The first kappa shape index (κ1) is 11.8. The fourth-order valence-electron chi connectivity index (χ4n) is 1.24. The Morgan fingerprint density at radius 2 is 2.29 bits per heavy atom. The molecule has 0 fully saturated rings. The molecule has 0 N–H and O–H groups in total. The van der Waals surface area contributed by atoms with Crippen LogP contribution in [0.2, 0.25) is 5.15 Å². The molecule has 2 heterocycles. The van der Waals surface area contributed by atoms with Crippen LogP contribution in [0, 0.1) is 0 Å². The van der Waals surface area contributed by atoms with Gasteiger partial charge in [-0.3, -0.25) is 9.36 Å². The van der Waals surface area contributed by atoms with Crippen LogP contribution in [0.3, 0.4) is 0 Å². The average Bonchev–Trinajstić information content (AvgIpc) is 2.71. The number of aromatic nitrogens is 4. The maximum Gasteiger partial charge on any atom is 0.255 e. The smallest absolute Gasteiger partial charge is 0.255 e. The minimum atomic E-state index is -0.255. The van der Waals surface area contributed by atoms with Crippen LogP contribution in [0.1, 0.15) is 31.5 Å². The first-order valence-electron chi connectivity index (χ1n) is 5.10. The van der Waals surface area contributed by atoms with Gasteiger partial charge in [0, 0.05) is 12.0 Å². The van der Waals surface area contributed by atoms with Gasteiger partial charge < -0.3 is 4.52 Å². The number of hydrogen-bond donors (Lipinski definition) is 0. The highest BCUT2D eigenvalue weighted by Gasteiger charge is 2.10. The van der Waals surface area contributed by atoms with E-state index in [4.69, 9.17) is 16.1 Å². The zero-order valence-corrected chi connectivity index (χ0v) is 10.2. The second kappa shape index (κ2) is 4.67. The zero-order chi connectivity index (χ0) is 12.4. The minimum Gasteiger partial charge on any atom is -0.337 e. The van der Waals surface area contributed by atoms with E-state index in [0.717, 1.165) is 0 Å². The third-order valence-electron chi connectivity index (χ3n) is 2.15. The Balaban J connectivity index is 2.22. The highest BCUT2D eigenvalue weighted by atomic mass is 35.5. The summed E-state index contributed by atoms with van der Waals surface area (Å²) in [7, 11) is 0. The summed E-state index contributed by atoms with van der Waals surface area (Å²) in [5, 5.41) is 3.98. The van der Waals surface area contributed by atoms with Gasteiger partial charge in [0.2, 0.25) is 5.89 Å². The predicted molar refractivity (Wildman–Crippen MR) is 61.0 cm³/mol. The van der Waals surface area contributed by atoms with Gasteiger partial charge in [-0.25, -0.2) is 4.98 Å². The molecule has 2 rings (SSSR count). The summed E-state index contributed by atoms with van der Waals surface area (Å²) >= 11 is 5.59. The predicted octanol–water partition coefficient (Wildman–Crippen LogP) is 1.45. The molecule has 0 saturated carbocycles. The topological polar surface area (TPSA) is 73.8 Å². The van der Waals surface area contributed by atoms with Crippen LogP contribution in [-0.4, -0.2) is 19.7 Å². The Kier molecular flexibility index (Phi) is 3.23. The van der Waals surface area contributed by atoms with Crippen molar-refractivity contribution >= 4 is 11.6 Å². The van der Waals surface area contributed by atoms with E-state index in [-0.39, 0.29) is 23.2 Å². The Labute approximate surface area is 102 Å². The molecule has 2 aromatic heterocycles. The van der Waals surface area contributed by atoms with Crippen molar-refractivity contribution in [3.63, 3.8) is 0 Å². The molecule has 0 unspecified atom stereocenters. The lowest BCUT2D eigenvalue weighted by molar-refractivity contribution is 0.362. The van der Waals surface area contributed by atoms with E-state index >= 15 is 0 Å². The lowest BCUT2D eigenvalue weighted by Gasteiger charge is -1.99. The molecule has 0 radical (unpaired) electrons. The molecule has 7 heteroatoms. The standard InChI is InChI=1S/C10H11ClN4O2/c1-6(2)10-13-8(17-14-10)4-15-5-12-7(11)3-9(15)16/h3,5-6H,4H2,1-2H3. The molecule has 0 aliphatic heterocycles. The number of nitrogens with zero attached hydrogens (tertiary/aromatic N) is 4. The molecule has 0 aliphatic rings. The summed E-state index contributed by atoms with van der Waals surface area (Å²) in [6, 6.07) is 1.24.